The van der Waals surface area contributed by atoms with Crippen molar-refractivity contribution in [1.82, 2.24) is 14.5 Å². The van der Waals surface area contributed by atoms with E-state index in [1.165, 1.54) is 0 Å². The Balaban J connectivity index is 1.80. The molecular formula is C17H25N3O3S2Si. The topological polar surface area (TPSA) is 76.3 Å². The van der Waals surface area contributed by atoms with Crippen LogP contribution in [0.15, 0.2) is 38.8 Å². The number of rotatable bonds is 6. The molecular weight excluding hydrogens is 386 g/mol. The zero-order valence-corrected chi connectivity index (χ0v) is 18.1. The van der Waals surface area contributed by atoms with Crippen molar-refractivity contribution in [2.45, 2.75) is 49.0 Å². The lowest BCUT2D eigenvalue weighted by atomic mass is 10.2. The molecule has 1 aliphatic heterocycles. The molecule has 26 heavy (non-hydrogen) atoms. The van der Waals surface area contributed by atoms with Crippen LogP contribution in [0.25, 0.3) is 11.5 Å². The number of benzene rings is 1. The Morgan fingerprint density at radius 1 is 1.15 bits per heavy atom. The highest BCUT2D eigenvalue weighted by molar-refractivity contribution is 8.00. The van der Waals surface area contributed by atoms with E-state index >= 15 is 0 Å². The van der Waals surface area contributed by atoms with Gasteiger partial charge in [-0.2, -0.15) is 4.31 Å². The number of nitrogens with zero attached hydrogens (tertiary/aromatic N) is 3. The van der Waals surface area contributed by atoms with Crippen LogP contribution in [-0.4, -0.2) is 49.5 Å². The fourth-order valence-electron chi connectivity index (χ4n) is 2.71. The molecule has 0 atom stereocenters. The minimum atomic E-state index is -3.47. The van der Waals surface area contributed by atoms with Crippen LogP contribution in [0, 0.1) is 0 Å². The predicted molar refractivity (Wildman–Crippen MR) is 106 cm³/mol. The highest BCUT2D eigenvalue weighted by Crippen LogP contribution is 2.28. The van der Waals surface area contributed by atoms with Gasteiger partial charge in [0.25, 0.3) is 5.22 Å². The maximum Gasteiger partial charge on any atom is 0.276 e. The lowest BCUT2D eigenvalue weighted by Crippen LogP contribution is -2.35. The summed E-state index contributed by atoms with van der Waals surface area (Å²) in [6.45, 7) is 8.03. The summed E-state index contributed by atoms with van der Waals surface area (Å²) in [5.74, 6) is 0.360. The third-order valence-electron chi connectivity index (χ3n) is 4.07. The van der Waals surface area contributed by atoms with E-state index in [1.54, 1.807) is 40.3 Å². The van der Waals surface area contributed by atoms with Gasteiger partial charge < -0.3 is 4.42 Å². The molecule has 0 bridgehead atoms. The molecule has 1 aromatic carbocycles. The number of hydrogen-bond donors (Lipinski definition) is 0. The Morgan fingerprint density at radius 3 is 2.58 bits per heavy atom. The Kier molecular flexibility index (Phi) is 5.90. The zero-order chi connectivity index (χ0) is 18.8. The van der Waals surface area contributed by atoms with Crippen molar-refractivity contribution in [3.05, 3.63) is 24.3 Å². The highest BCUT2D eigenvalue weighted by atomic mass is 32.2. The minimum Gasteiger partial charge on any atom is -0.411 e. The van der Waals surface area contributed by atoms with Gasteiger partial charge in [-0.1, -0.05) is 43.9 Å². The van der Waals surface area contributed by atoms with E-state index in [4.69, 9.17) is 4.42 Å². The van der Waals surface area contributed by atoms with Crippen LogP contribution < -0.4 is 0 Å². The van der Waals surface area contributed by atoms with Crippen LogP contribution in [0.3, 0.4) is 0 Å². The summed E-state index contributed by atoms with van der Waals surface area (Å²) in [5.41, 5.74) is 0.635. The second kappa shape index (κ2) is 7.83. The number of sulfonamides is 1. The van der Waals surface area contributed by atoms with Crippen LogP contribution in [0.5, 0.6) is 0 Å². The van der Waals surface area contributed by atoms with Crippen LogP contribution >= 0.6 is 11.8 Å². The summed E-state index contributed by atoms with van der Waals surface area (Å²) in [4.78, 5) is 0.284. The van der Waals surface area contributed by atoms with E-state index in [0.29, 0.717) is 29.8 Å². The fraction of sp³-hybridized carbons (Fsp3) is 0.529. The number of thioether (sulfide) groups is 1. The van der Waals surface area contributed by atoms with Crippen molar-refractivity contribution in [1.29, 1.82) is 0 Å². The molecule has 1 aromatic heterocycles. The van der Waals surface area contributed by atoms with Gasteiger partial charge in [0.15, 0.2) is 0 Å². The number of hydrogen-bond acceptors (Lipinski definition) is 6. The minimum absolute atomic E-state index is 0.284. The summed E-state index contributed by atoms with van der Waals surface area (Å²) in [5, 5.41) is 9.71. The molecule has 9 heteroatoms. The second-order valence-corrected chi connectivity index (χ2v) is 16.6. The normalized spacial score (nSPS) is 16.7. The van der Waals surface area contributed by atoms with E-state index in [1.807, 2.05) is 0 Å². The molecule has 3 rings (SSSR count). The van der Waals surface area contributed by atoms with Gasteiger partial charge in [-0.3, -0.25) is 0 Å². The van der Waals surface area contributed by atoms with Crippen LogP contribution in [0.1, 0.15) is 19.3 Å². The van der Waals surface area contributed by atoms with Crippen LogP contribution in [0.4, 0.5) is 0 Å². The number of piperidine rings is 1. The first-order valence-electron chi connectivity index (χ1n) is 8.83. The van der Waals surface area contributed by atoms with Gasteiger partial charge in [0, 0.05) is 18.7 Å². The molecule has 142 valence electrons. The third kappa shape index (κ3) is 4.76. The van der Waals surface area contributed by atoms with Crippen molar-refractivity contribution in [3.8, 4) is 11.5 Å². The monoisotopic (exact) mass is 411 g/mol. The van der Waals surface area contributed by atoms with Crippen molar-refractivity contribution in [2.24, 2.45) is 0 Å². The Bertz CT molecular complexity index is 856. The molecule has 0 aliphatic carbocycles. The van der Waals surface area contributed by atoms with Gasteiger partial charge >= 0.3 is 0 Å². The average Bonchev–Trinajstić information content (AvgIpc) is 3.09. The van der Waals surface area contributed by atoms with Crippen molar-refractivity contribution < 1.29 is 12.8 Å². The molecule has 6 nitrogen and oxygen atoms in total. The molecule has 0 spiro atoms. The lowest BCUT2D eigenvalue weighted by molar-refractivity contribution is 0.346. The summed E-state index contributed by atoms with van der Waals surface area (Å²) in [6, 6.07) is 6.79. The van der Waals surface area contributed by atoms with Crippen molar-refractivity contribution in [3.63, 3.8) is 0 Å². The Labute approximate surface area is 160 Å². The SMILES string of the molecule is C[Si](C)(C)CSc1nnc(-c2cccc(S(=O)(=O)N3CCCCC3)c2)o1. The molecule has 0 saturated carbocycles. The Morgan fingerprint density at radius 2 is 1.88 bits per heavy atom. The van der Waals surface area contributed by atoms with Gasteiger partial charge in [-0.25, -0.2) is 8.42 Å². The molecule has 0 unspecified atom stereocenters. The fourth-order valence-corrected chi connectivity index (χ4v) is 6.73. The first-order chi connectivity index (χ1) is 12.3. The third-order valence-corrected chi connectivity index (χ3v) is 10.4. The van der Waals surface area contributed by atoms with E-state index < -0.39 is 18.1 Å². The highest BCUT2D eigenvalue weighted by Gasteiger charge is 2.26. The van der Waals surface area contributed by atoms with Crippen molar-refractivity contribution >= 4 is 29.9 Å². The van der Waals surface area contributed by atoms with Gasteiger partial charge in [0.05, 0.1) is 13.0 Å². The largest absolute Gasteiger partial charge is 0.411 e. The van der Waals surface area contributed by atoms with E-state index in [-0.39, 0.29) is 4.90 Å². The maximum absolute atomic E-state index is 12.8. The molecule has 0 amide bonds. The molecule has 0 N–H and O–H groups in total. The summed E-state index contributed by atoms with van der Waals surface area (Å²) >= 11 is 1.57. The predicted octanol–water partition coefficient (Wildman–Crippen LogP) is 3.88. The molecule has 0 radical (unpaired) electrons. The van der Waals surface area contributed by atoms with Gasteiger partial charge in [-0.15, -0.1) is 10.2 Å². The summed E-state index contributed by atoms with van der Waals surface area (Å²) in [7, 11) is -4.68. The van der Waals surface area contributed by atoms with Crippen LogP contribution in [0.2, 0.25) is 19.6 Å². The lowest BCUT2D eigenvalue weighted by Gasteiger charge is -2.25. The zero-order valence-electron chi connectivity index (χ0n) is 15.4. The molecule has 1 aliphatic rings. The Hall–Kier alpha value is -1.16. The van der Waals surface area contributed by atoms with Crippen molar-refractivity contribution in [2.75, 3.05) is 18.5 Å². The molecule has 2 heterocycles. The van der Waals surface area contributed by atoms with E-state index in [9.17, 15) is 8.42 Å². The van der Waals surface area contributed by atoms with Gasteiger partial charge in [-0.05, 0) is 36.4 Å². The van der Waals surface area contributed by atoms with Gasteiger partial charge in [0.2, 0.25) is 15.9 Å². The van der Waals surface area contributed by atoms with Crippen LogP contribution in [-0.2, 0) is 10.0 Å². The summed E-state index contributed by atoms with van der Waals surface area (Å²) < 4.78 is 33.0. The standard InChI is InChI=1S/C17H25N3O3S2Si/c1-26(2,3)13-24-17-19-18-16(23-17)14-8-7-9-15(12-14)25(21,22)20-10-5-4-6-11-20/h7-9,12H,4-6,10-11,13H2,1-3H3. The molecule has 1 saturated heterocycles. The van der Waals surface area contributed by atoms with Gasteiger partial charge in [0.1, 0.15) is 0 Å². The number of aromatic nitrogens is 2. The molecule has 1 fully saturated rings. The first-order valence-corrected chi connectivity index (χ1v) is 15.0. The second-order valence-electron chi connectivity index (χ2n) is 7.72. The average molecular weight is 412 g/mol. The smallest absolute Gasteiger partial charge is 0.276 e. The molecule has 2 aromatic rings. The van der Waals surface area contributed by atoms with E-state index in [0.717, 1.165) is 24.6 Å². The summed E-state index contributed by atoms with van der Waals surface area (Å²) in [6.07, 6.45) is 2.92. The van der Waals surface area contributed by atoms with E-state index in [2.05, 4.69) is 29.8 Å². The maximum atomic E-state index is 12.8. The quantitative estimate of drug-likeness (QED) is 0.530. The first kappa shape index (κ1) is 19.6.